The van der Waals surface area contributed by atoms with Crippen LogP contribution in [0.3, 0.4) is 0 Å². The summed E-state index contributed by atoms with van der Waals surface area (Å²) in [5.74, 6) is -0.645. The third-order valence-electron chi connectivity index (χ3n) is 3.42. The Balaban J connectivity index is 2.29. The minimum absolute atomic E-state index is 0.0550. The van der Waals surface area contributed by atoms with Crippen molar-refractivity contribution in [2.45, 2.75) is 24.4 Å². The Morgan fingerprint density at radius 1 is 1.28 bits per heavy atom. The Morgan fingerprint density at radius 3 is 2.44 bits per heavy atom. The number of rotatable bonds is 6. The van der Waals surface area contributed by atoms with E-state index in [9.17, 15) is 26.4 Å². The highest BCUT2D eigenvalue weighted by molar-refractivity contribution is 7.90. The first-order chi connectivity index (χ1) is 11.5. The molecule has 1 atom stereocenters. The van der Waals surface area contributed by atoms with Crippen molar-refractivity contribution in [3.8, 4) is 11.1 Å². The highest BCUT2D eigenvalue weighted by Crippen LogP contribution is 2.29. The molecule has 11 heteroatoms. The first kappa shape index (κ1) is 18.9. The largest absolute Gasteiger partial charge is 0.433 e. The number of halogens is 3. The molecule has 1 unspecified atom stereocenters. The molecule has 2 aromatic heterocycles. The number of pyridine rings is 1. The Labute approximate surface area is 141 Å². The van der Waals surface area contributed by atoms with E-state index in [1.54, 1.807) is 0 Å². The number of amides is 1. The van der Waals surface area contributed by atoms with Gasteiger partial charge in [-0.3, -0.25) is 14.5 Å². The zero-order valence-electron chi connectivity index (χ0n) is 13.1. The van der Waals surface area contributed by atoms with E-state index in [0.29, 0.717) is 11.1 Å². The van der Waals surface area contributed by atoms with Gasteiger partial charge in [-0.05, 0) is 12.5 Å². The van der Waals surface area contributed by atoms with Crippen molar-refractivity contribution < 1.29 is 26.4 Å². The summed E-state index contributed by atoms with van der Waals surface area (Å²) >= 11 is 0. The molecule has 0 fully saturated rings. The summed E-state index contributed by atoms with van der Waals surface area (Å²) in [6.07, 6.45) is -0.0272. The van der Waals surface area contributed by atoms with Gasteiger partial charge in [-0.1, -0.05) is 6.07 Å². The fourth-order valence-electron chi connectivity index (χ4n) is 2.19. The van der Waals surface area contributed by atoms with E-state index in [2.05, 4.69) is 10.1 Å². The van der Waals surface area contributed by atoms with Gasteiger partial charge in [-0.15, -0.1) is 0 Å². The second kappa shape index (κ2) is 6.82. The first-order valence-electron chi connectivity index (χ1n) is 7.03. The van der Waals surface area contributed by atoms with Crippen molar-refractivity contribution in [3.05, 3.63) is 36.4 Å². The van der Waals surface area contributed by atoms with Gasteiger partial charge in [0.25, 0.3) is 0 Å². The van der Waals surface area contributed by atoms with E-state index in [-0.39, 0.29) is 12.8 Å². The topological polar surface area (TPSA) is 108 Å². The summed E-state index contributed by atoms with van der Waals surface area (Å²) in [6, 6.07) is 2.05. The molecule has 7 nitrogen and oxygen atoms in total. The monoisotopic (exact) mass is 376 g/mol. The minimum atomic E-state index is -4.54. The molecule has 136 valence electrons. The second-order valence-electron chi connectivity index (χ2n) is 5.43. The van der Waals surface area contributed by atoms with Crippen LogP contribution in [0.4, 0.5) is 13.2 Å². The summed E-state index contributed by atoms with van der Waals surface area (Å²) in [5.41, 5.74) is 4.76. The van der Waals surface area contributed by atoms with Crippen molar-refractivity contribution >= 4 is 15.7 Å². The summed E-state index contributed by atoms with van der Waals surface area (Å²) in [7, 11) is -3.58. The molecule has 0 aliphatic carbocycles. The average Bonchev–Trinajstić information content (AvgIpc) is 2.94. The lowest BCUT2D eigenvalue weighted by Gasteiger charge is -2.14. The van der Waals surface area contributed by atoms with E-state index in [1.807, 2.05) is 0 Å². The van der Waals surface area contributed by atoms with Crippen LogP contribution < -0.4 is 5.73 Å². The number of hydrogen-bond acceptors (Lipinski definition) is 5. The van der Waals surface area contributed by atoms with Crippen LogP contribution in [-0.4, -0.2) is 35.3 Å². The fraction of sp³-hybridized carbons (Fsp3) is 0.357. The van der Waals surface area contributed by atoms with Crippen LogP contribution in [0.15, 0.2) is 30.7 Å². The van der Waals surface area contributed by atoms with Gasteiger partial charge in [0.15, 0.2) is 15.2 Å². The predicted octanol–water partition coefficient (Wildman–Crippen LogP) is 1.77. The Kier molecular flexibility index (Phi) is 5.16. The first-order valence-corrected chi connectivity index (χ1v) is 8.99. The van der Waals surface area contributed by atoms with Crippen LogP contribution in [0.2, 0.25) is 0 Å². The van der Waals surface area contributed by atoms with Gasteiger partial charge in [0.05, 0.1) is 6.20 Å². The van der Waals surface area contributed by atoms with Gasteiger partial charge in [0, 0.05) is 36.2 Å². The van der Waals surface area contributed by atoms with Crippen molar-refractivity contribution in [3.63, 3.8) is 0 Å². The molecule has 0 spiro atoms. The summed E-state index contributed by atoms with van der Waals surface area (Å²) in [4.78, 5) is 14.2. The van der Waals surface area contributed by atoms with Crippen molar-refractivity contribution in [2.24, 2.45) is 5.73 Å². The summed E-state index contributed by atoms with van der Waals surface area (Å²) in [5, 5.41) is 2.84. The van der Waals surface area contributed by atoms with Gasteiger partial charge < -0.3 is 5.73 Å². The molecule has 2 rings (SSSR count). The molecule has 2 heterocycles. The number of nitrogens with two attached hydrogens (primary N) is 1. The van der Waals surface area contributed by atoms with Crippen LogP contribution in [0.5, 0.6) is 0 Å². The Bertz CT molecular complexity index is 860. The van der Waals surface area contributed by atoms with E-state index in [4.69, 9.17) is 5.73 Å². The Morgan fingerprint density at radius 2 is 1.96 bits per heavy atom. The standard InChI is InChI=1S/C14H15F3N4O3S/c1-25(23,24)13(5-4-12(18)22)21-8-10(7-20-21)9-2-3-11(19-6-9)14(15,16)17/h2-3,6-8,13H,4-5H2,1H3,(H2,18,22). The van der Waals surface area contributed by atoms with Gasteiger partial charge in [0.2, 0.25) is 5.91 Å². The zero-order valence-corrected chi connectivity index (χ0v) is 13.9. The van der Waals surface area contributed by atoms with E-state index < -0.39 is 33.0 Å². The number of sulfone groups is 1. The maximum atomic E-state index is 12.5. The number of aromatic nitrogens is 3. The predicted molar refractivity (Wildman–Crippen MR) is 82.8 cm³/mol. The van der Waals surface area contributed by atoms with Crippen LogP contribution >= 0.6 is 0 Å². The highest BCUT2D eigenvalue weighted by Gasteiger charge is 2.32. The molecule has 1 amide bonds. The van der Waals surface area contributed by atoms with Gasteiger partial charge in [-0.2, -0.15) is 18.3 Å². The number of primary amides is 1. The highest BCUT2D eigenvalue weighted by atomic mass is 32.2. The van der Waals surface area contributed by atoms with Gasteiger partial charge in [0.1, 0.15) is 5.69 Å². The van der Waals surface area contributed by atoms with Gasteiger partial charge in [-0.25, -0.2) is 8.42 Å². The fourth-order valence-corrected chi connectivity index (χ4v) is 3.24. The average molecular weight is 376 g/mol. The zero-order chi connectivity index (χ0) is 18.8. The molecule has 2 aromatic rings. The molecule has 25 heavy (non-hydrogen) atoms. The lowest BCUT2D eigenvalue weighted by molar-refractivity contribution is -0.141. The summed E-state index contributed by atoms with van der Waals surface area (Å²) < 4.78 is 62.5. The van der Waals surface area contributed by atoms with E-state index in [0.717, 1.165) is 23.2 Å². The quantitative estimate of drug-likeness (QED) is 0.827. The van der Waals surface area contributed by atoms with Crippen LogP contribution in [0.1, 0.15) is 23.9 Å². The molecular formula is C14H15F3N4O3S. The molecule has 0 aliphatic rings. The minimum Gasteiger partial charge on any atom is -0.370 e. The Hall–Kier alpha value is -2.43. The second-order valence-corrected chi connectivity index (χ2v) is 7.63. The van der Waals surface area contributed by atoms with E-state index in [1.165, 1.54) is 18.5 Å². The molecule has 0 aromatic carbocycles. The lowest BCUT2D eigenvalue weighted by atomic mass is 10.1. The molecule has 0 saturated heterocycles. The molecule has 0 radical (unpaired) electrons. The third-order valence-corrected chi connectivity index (χ3v) is 4.86. The van der Waals surface area contributed by atoms with Gasteiger partial charge >= 0.3 is 6.18 Å². The number of alkyl halides is 3. The molecule has 0 saturated carbocycles. The number of carbonyl (C=O) groups is 1. The maximum absolute atomic E-state index is 12.5. The van der Waals surface area contributed by atoms with Crippen LogP contribution in [0, 0.1) is 0 Å². The molecule has 2 N–H and O–H groups in total. The number of nitrogens with zero attached hydrogens (tertiary/aromatic N) is 3. The lowest BCUT2D eigenvalue weighted by Crippen LogP contribution is -2.22. The van der Waals surface area contributed by atoms with Crippen molar-refractivity contribution in [1.82, 2.24) is 14.8 Å². The molecule has 0 bridgehead atoms. The van der Waals surface area contributed by atoms with Crippen LogP contribution in [-0.2, 0) is 20.8 Å². The number of carbonyl (C=O) groups excluding carboxylic acids is 1. The molecule has 0 aliphatic heterocycles. The summed E-state index contributed by atoms with van der Waals surface area (Å²) in [6.45, 7) is 0. The van der Waals surface area contributed by atoms with Crippen molar-refractivity contribution in [2.75, 3.05) is 6.26 Å². The van der Waals surface area contributed by atoms with Crippen LogP contribution in [0.25, 0.3) is 11.1 Å². The smallest absolute Gasteiger partial charge is 0.370 e. The SMILES string of the molecule is CS(=O)(=O)C(CCC(N)=O)n1cc(-c2ccc(C(F)(F)F)nc2)cn1. The van der Waals surface area contributed by atoms with E-state index >= 15 is 0 Å². The number of hydrogen-bond donors (Lipinski definition) is 1. The normalized spacial score (nSPS) is 13.6. The third kappa shape index (κ3) is 4.78. The maximum Gasteiger partial charge on any atom is 0.433 e. The molecular weight excluding hydrogens is 361 g/mol. The van der Waals surface area contributed by atoms with Crippen molar-refractivity contribution in [1.29, 1.82) is 0 Å².